The number of hydrogen-bond donors (Lipinski definition) is 3. The van der Waals surface area contributed by atoms with Crippen molar-refractivity contribution >= 4 is 41.0 Å². The number of fused-ring (bicyclic) bond motifs is 3. The van der Waals surface area contributed by atoms with Crippen LogP contribution in [0.4, 0.5) is 18.9 Å². The summed E-state index contributed by atoms with van der Waals surface area (Å²) in [5, 5.41) is 8.90. The fourth-order valence-corrected chi connectivity index (χ4v) is 6.72. The van der Waals surface area contributed by atoms with Gasteiger partial charge in [0.1, 0.15) is 12.1 Å². The Bertz CT molecular complexity index is 1280. The minimum Gasteiger partial charge on any atom is -0.461 e. The number of halogens is 4. The maximum Gasteiger partial charge on any atom is 0.366 e. The van der Waals surface area contributed by atoms with E-state index in [1.807, 2.05) is 13.8 Å². The zero-order valence-electron chi connectivity index (χ0n) is 25.1. The molecule has 4 fully saturated rings. The second kappa shape index (κ2) is 14.2. The van der Waals surface area contributed by atoms with Crippen LogP contribution in [0.3, 0.4) is 0 Å². The molecule has 1 aromatic carbocycles. The number of hydrogen-bond acceptors (Lipinski definition) is 6. The van der Waals surface area contributed by atoms with Crippen molar-refractivity contribution in [2.45, 2.75) is 89.4 Å². The molecule has 0 spiro atoms. The lowest BCUT2D eigenvalue weighted by atomic mass is 9.71. The van der Waals surface area contributed by atoms with Gasteiger partial charge in [-0.05, 0) is 69.2 Å². The van der Waals surface area contributed by atoms with Crippen LogP contribution >= 0.6 is 11.6 Å². The Hall–Kier alpha value is -3.28. The van der Waals surface area contributed by atoms with Gasteiger partial charge in [-0.1, -0.05) is 31.5 Å². The minimum absolute atomic E-state index is 0.0266. The Kier molecular flexibility index (Phi) is 10.9. The quantitative estimate of drug-likeness (QED) is 0.227. The Labute approximate surface area is 260 Å². The summed E-state index contributed by atoms with van der Waals surface area (Å²) in [6.45, 7) is 5.67. The van der Waals surface area contributed by atoms with Crippen LogP contribution < -0.4 is 16.0 Å². The van der Waals surface area contributed by atoms with E-state index in [1.165, 1.54) is 11.8 Å². The largest absolute Gasteiger partial charge is 0.461 e. The van der Waals surface area contributed by atoms with Gasteiger partial charge in [0.05, 0.1) is 18.6 Å². The summed E-state index contributed by atoms with van der Waals surface area (Å²) in [4.78, 5) is 53.7. The molecule has 3 heterocycles. The Morgan fingerprint density at radius 1 is 1.23 bits per heavy atom. The third kappa shape index (κ3) is 7.86. The summed E-state index contributed by atoms with van der Waals surface area (Å²) in [5.41, 5.74) is 0.569. The highest BCUT2D eigenvalue weighted by Gasteiger charge is 2.61. The molecule has 6 atom stereocenters. The highest BCUT2D eigenvalue weighted by molar-refractivity contribution is 6.30. The zero-order chi connectivity index (χ0) is 32.2. The van der Waals surface area contributed by atoms with E-state index in [9.17, 15) is 23.6 Å². The minimum atomic E-state index is -3.21. The van der Waals surface area contributed by atoms with Gasteiger partial charge in [0.2, 0.25) is 23.5 Å². The summed E-state index contributed by atoms with van der Waals surface area (Å²) in [7, 11) is 0. The summed E-state index contributed by atoms with van der Waals surface area (Å²) < 4.78 is 50.1. The first-order chi connectivity index (χ1) is 20.8. The lowest BCUT2D eigenvalue weighted by molar-refractivity contribution is -0.194. The smallest absolute Gasteiger partial charge is 0.366 e. The van der Waals surface area contributed by atoms with Crippen LogP contribution in [0.1, 0.15) is 59.3 Å². The van der Waals surface area contributed by atoms with Crippen LogP contribution in [0.5, 0.6) is 0 Å². The predicted octanol–water partition coefficient (Wildman–Crippen LogP) is 4.61. The van der Waals surface area contributed by atoms with E-state index in [0.29, 0.717) is 36.5 Å². The average Bonchev–Trinajstić information content (AvgIpc) is 3.35. The molecule has 5 rings (SSSR count). The molecule has 44 heavy (non-hydrogen) atoms. The van der Waals surface area contributed by atoms with E-state index in [2.05, 4.69) is 16.0 Å². The summed E-state index contributed by atoms with van der Waals surface area (Å²) in [5.74, 6) is -9.42. The first-order valence-electron chi connectivity index (χ1n) is 15.1. The molecule has 3 N–H and O–H groups in total. The number of benzene rings is 1. The number of esters is 1. The molecule has 13 heteroatoms. The van der Waals surface area contributed by atoms with Crippen LogP contribution in [-0.4, -0.2) is 71.8 Å². The SMILES string of the molecule is CCOC(=O)/C(F)=C\[C@@H](C[C@H]1CCNC1=O)NC(=O)[C@@H]1[C@@H]2CC[C@@H](CC2(F)F)N1C(=O)[C@@H](CC(C)C)Nc1cccc(Cl)c1. The molecule has 242 valence electrons. The maximum atomic E-state index is 15.3. The normalized spacial score (nSPS) is 25.8. The Morgan fingerprint density at radius 2 is 1.98 bits per heavy atom. The van der Waals surface area contributed by atoms with E-state index in [-0.39, 0.29) is 31.3 Å². The van der Waals surface area contributed by atoms with Gasteiger partial charge in [-0.3, -0.25) is 14.4 Å². The second-order valence-corrected chi connectivity index (χ2v) is 12.6. The number of carbonyl (C=O) groups is 4. The highest BCUT2D eigenvalue weighted by atomic mass is 35.5. The first kappa shape index (κ1) is 33.6. The molecule has 3 saturated heterocycles. The van der Waals surface area contributed by atoms with Crippen molar-refractivity contribution in [2.75, 3.05) is 18.5 Å². The van der Waals surface area contributed by atoms with E-state index < -0.39 is 72.0 Å². The third-order valence-electron chi connectivity index (χ3n) is 8.48. The molecular formula is C31H40ClF3N4O5. The predicted molar refractivity (Wildman–Crippen MR) is 159 cm³/mol. The molecule has 1 aliphatic carbocycles. The zero-order valence-corrected chi connectivity index (χ0v) is 25.8. The number of amides is 3. The number of piperidine rings is 2. The van der Waals surface area contributed by atoms with Crippen LogP contribution in [0, 0.1) is 17.8 Å². The fraction of sp³-hybridized carbons (Fsp3) is 0.613. The molecule has 9 nitrogen and oxygen atoms in total. The molecule has 4 aliphatic rings. The van der Waals surface area contributed by atoms with Gasteiger partial charge in [-0.25, -0.2) is 13.6 Å². The van der Waals surface area contributed by atoms with Crippen molar-refractivity contribution < 1.29 is 37.1 Å². The van der Waals surface area contributed by atoms with Gasteiger partial charge >= 0.3 is 5.97 Å². The number of nitrogens with zero attached hydrogens (tertiary/aromatic N) is 1. The van der Waals surface area contributed by atoms with Crippen molar-refractivity contribution in [1.82, 2.24) is 15.5 Å². The van der Waals surface area contributed by atoms with Crippen LogP contribution in [0.25, 0.3) is 0 Å². The molecular weight excluding hydrogens is 601 g/mol. The molecule has 1 saturated carbocycles. The Balaban J connectivity index is 1.65. The molecule has 2 bridgehead atoms. The number of ether oxygens (including phenoxy) is 1. The number of carbonyl (C=O) groups excluding carboxylic acids is 4. The summed E-state index contributed by atoms with van der Waals surface area (Å²) >= 11 is 6.14. The molecule has 3 amide bonds. The van der Waals surface area contributed by atoms with Gasteiger partial charge in [-0.2, -0.15) is 4.39 Å². The number of anilines is 1. The third-order valence-corrected chi connectivity index (χ3v) is 8.71. The molecule has 1 aromatic rings. The van der Waals surface area contributed by atoms with Crippen molar-refractivity contribution in [3.05, 3.63) is 41.2 Å². The van der Waals surface area contributed by atoms with E-state index >= 15 is 8.78 Å². The average molecular weight is 641 g/mol. The van der Waals surface area contributed by atoms with Crippen LogP contribution in [-0.2, 0) is 23.9 Å². The summed E-state index contributed by atoms with van der Waals surface area (Å²) in [6, 6.07) is 2.33. The van der Waals surface area contributed by atoms with Gasteiger partial charge in [-0.15, -0.1) is 0 Å². The lowest BCUT2D eigenvalue weighted by Gasteiger charge is -2.54. The molecule has 3 aliphatic heterocycles. The molecule has 0 aromatic heterocycles. The number of rotatable bonds is 12. The maximum absolute atomic E-state index is 15.3. The summed E-state index contributed by atoms with van der Waals surface area (Å²) in [6.07, 6.45) is 1.32. The van der Waals surface area contributed by atoms with Gasteiger partial charge in [0.15, 0.2) is 0 Å². The van der Waals surface area contributed by atoms with Crippen molar-refractivity contribution in [3.63, 3.8) is 0 Å². The Morgan fingerprint density at radius 3 is 2.59 bits per heavy atom. The standard InChI is InChI=1S/C31H40ClF3N4O5/c1-4-44-30(43)24(33)15-21(13-18-10-11-36-27(18)40)38-28(41)26-23-9-8-22(16-31(23,34)35)39(26)29(42)25(12-17(2)3)37-20-7-5-6-19(32)14-20/h5-7,14-15,17-18,21-23,25-26,37H,4,8-13,16H2,1-3H3,(H,36,40)(H,38,41)/b24-15+/t18-,21-,22+,23+,25-,26+/m1/s1. The van der Waals surface area contributed by atoms with E-state index in [0.717, 1.165) is 6.08 Å². The van der Waals surface area contributed by atoms with Gasteiger partial charge in [0.25, 0.3) is 5.92 Å². The monoisotopic (exact) mass is 640 g/mol. The van der Waals surface area contributed by atoms with Crippen molar-refractivity contribution in [1.29, 1.82) is 0 Å². The van der Waals surface area contributed by atoms with Crippen LogP contribution in [0.2, 0.25) is 5.02 Å². The van der Waals surface area contributed by atoms with Crippen molar-refractivity contribution in [3.8, 4) is 0 Å². The van der Waals surface area contributed by atoms with Gasteiger partial charge < -0.3 is 25.6 Å². The number of alkyl halides is 2. The molecule has 0 radical (unpaired) electrons. The van der Waals surface area contributed by atoms with Crippen LogP contribution in [0.15, 0.2) is 36.2 Å². The van der Waals surface area contributed by atoms with Crippen molar-refractivity contribution in [2.24, 2.45) is 17.8 Å². The lowest BCUT2D eigenvalue weighted by Crippen LogP contribution is -2.70. The fourth-order valence-electron chi connectivity index (χ4n) is 6.53. The van der Waals surface area contributed by atoms with Gasteiger partial charge in [0, 0.05) is 35.6 Å². The topological polar surface area (TPSA) is 117 Å². The van der Waals surface area contributed by atoms with E-state index in [1.54, 1.807) is 24.3 Å². The molecule has 0 unspecified atom stereocenters. The number of nitrogens with one attached hydrogen (secondary N) is 3. The van der Waals surface area contributed by atoms with E-state index in [4.69, 9.17) is 16.3 Å². The first-order valence-corrected chi connectivity index (χ1v) is 15.5. The second-order valence-electron chi connectivity index (χ2n) is 12.2. The highest BCUT2D eigenvalue weighted by Crippen LogP contribution is 2.49.